The van der Waals surface area contributed by atoms with Crippen LogP contribution in [0.4, 0.5) is 0 Å². The smallest absolute Gasteiger partial charge is 0.308 e. The topological polar surface area (TPSA) is 246 Å². The van der Waals surface area contributed by atoms with Gasteiger partial charge in [-0.15, -0.1) is 0 Å². The third-order valence-electron chi connectivity index (χ3n) is 12.4. The number of benzene rings is 3. The molecule has 18 nitrogen and oxygen atoms in total. The van der Waals surface area contributed by atoms with E-state index in [0.29, 0.717) is 50.5 Å². The number of hydrogen-bond acceptors (Lipinski definition) is 13. The molecule has 3 aromatic carbocycles. The van der Waals surface area contributed by atoms with E-state index in [1.807, 2.05) is 64.1 Å². The molecule has 2 fully saturated rings. The molecule has 1 unspecified atom stereocenters. The number of Topliss-reactive ketones (excluding diaryl/α,β-unsaturated/α-hetero) is 1. The Morgan fingerprint density at radius 1 is 0.845 bits per heavy atom. The minimum atomic E-state index is -1.32. The Morgan fingerprint density at radius 3 is 2.07 bits per heavy atom. The number of carbonyl (C=O) groups excluding carboxylic acids is 6. The maximum Gasteiger partial charge on any atom is 0.308 e. The number of ketones is 1. The molecule has 384 valence electrons. The lowest BCUT2D eigenvalue weighted by molar-refractivity contribution is -0.940. The van der Waals surface area contributed by atoms with Crippen molar-refractivity contribution in [1.29, 1.82) is 0 Å². The maximum absolute atomic E-state index is 14.6. The van der Waals surface area contributed by atoms with Gasteiger partial charge in [0.25, 0.3) is 5.91 Å². The van der Waals surface area contributed by atoms with Crippen molar-refractivity contribution in [3.63, 3.8) is 0 Å². The summed E-state index contributed by atoms with van der Waals surface area (Å²) in [7, 11) is 1.62. The molecule has 18 heteroatoms. The first-order valence-electron chi connectivity index (χ1n) is 24.1. The van der Waals surface area contributed by atoms with E-state index < -0.39 is 59.4 Å². The molecular weight excluding hydrogens is 909 g/mol. The van der Waals surface area contributed by atoms with Gasteiger partial charge in [0.05, 0.1) is 31.6 Å². The van der Waals surface area contributed by atoms with E-state index in [4.69, 9.17) is 30.5 Å². The number of esters is 1. The Kier molecular flexibility index (Phi) is 19.9. The zero-order valence-electron chi connectivity index (χ0n) is 42.2. The number of nitrogens with zero attached hydrogens (tertiary/aromatic N) is 2. The molecule has 3 aromatic rings. The van der Waals surface area contributed by atoms with Gasteiger partial charge in [0.15, 0.2) is 23.8 Å². The zero-order chi connectivity index (χ0) is 51.9. The number of ether oxygens (including phenoxy) is 4. The Morgan fingerprint density at radius 2 is 1.48 bits per heavy atom. The highest BCUT2D eigenvalue weighted by Gasteiger charge is 2.51. The SMILES string of the molecule is C=C(c1ccccc1)[C@H](NC(=O)[C@H](CC(C)C)NC(=O)[C@H](CCc1ccccc1)NC(=O)C[N+]1(Cc2ccc(OC(C)=O)c(OC/C(N)=C/N(C)N)c2)CCOCC1)C(=O)NC(C(=O)[C@@]1(C)CO1)C(C)C. The van der Waals surface area contributed by atoms with Crippen LogP contribution in [0.25, 0.3) is 5.57 Å². The number of hydrogen-bond donors (Lipinski definition) is 6. The summed E-state index contributed by atoms with van der Waals surface area (Å²) >= 11 is 0. The van der Waals surface area contributed by atoms with Gasteiger partial charge in [0.2, 0.25) is 17.7 Å². The largest absolute Gasteiger partial charge is 0.483 e. The van der Waals surface area contributed by atoms with Crippen LogP contribution in [-0.2, 0) is 51.2 Å². The number of carbonyl (C=O) groups is 6. The summed E-state index contributed by atoms with van der Waals surface area (Å²) in [4.78, 5) is 83.3. The lowest BCUT2D eigenvalue weighted by Crippen LogP contribution is -2.61. The summed E-state index contributed by atoms with van der Waals surface area (Å²) in [5.74, 6) is 2.73. The van der Waals surface area contributed by atoms with Crippen LogP contribution in [0.2, 0.25) is 0 Å². The molecule has 2 heterocycles. The Balaban J connectivity index is 1.39. The summed E-state index contributed by atoms with van der Waals surface area (Å²) in [5.41, 5.74) is 8.01. The highest BCUT2D eigenvalue weighted by Crippen LogP contribution is 2.32. The Bertz CT molecular complexity index is 2360. The summed E-state index contributed by atoms with van der Waals surface area (Å²) in [5, 5.41) is 13.0. The lowest BCUT2D eigenvalue weighted by atomic mass is 9.91. The minimum Gasteiger partial charge on any atom is -0.483 e. The third kappa shape index (κ3) is 16.8. The number of aryl methyl sites for hydroxylation is 1. The van der Waals surface area contributed by atoms with Crippen LogP contribution in [0.5, 0.6) is 11.5 Å². The summed E-state index contributed by atoms with van der Waals surface area (Å²) in [6.45, 7) is 16.9. The average Bonchev–Trinajstić information content (AvgIpc) is 4.08. The minimum absolute atomic E-state index is 0.0155. The number of rotatable bonds is 26. The molecule has 0 bridgehead atoms. The van der Waals surface area contributed by atoms with Crippen molar-refractivity contribution in [3.05, 3.63) is 114 Å². The molecule has 0 radical (unpaired) electrons. The summed E-state index contributed by atoms with van der Waals surface area (Å²) < 4.78 is 22.9. The van der Waals surface area contributed by atoms with Gasteiger partial charge in [0, 0.05) is 25.7 Å². The second-order valence-electron chi connectivity index (χ2n) is 19.5. The van der Waals surface area contributed by atoms with Crippen LogP contribution in [0.15, 0.2) is 97.3 Å². The second kappa shape index (κ2) is 25.5. The number of quaternary nitrogens is 1. The molecule has 0 saturated carbocycles. The molecule has 5 rings (SSSR count). The first-order chi connectivity index (χ1) is 33.7. The maximum atomic E-state index is 14.6. The highest BCUT2D eigenvalue weighted by atomic mass is 16.6. The molecule has 71 heavy (non-hydrogen) atoms. The van der Waals surface area contributed by atoms with Gasteiger partial charge in [0.1, 0.15) is 50.0 Å². The van der Waals surface area contributed by atoms with Crippen molar-refractivity contribution < 1.29 is 52.2 Å². The summed E-state index contributed by atoms with van der Waals surface area (Å²) in [6.07, 6.45) is 2.34. The molecule has 0 aromatic heterocycles. The van der Waals surface area contributed by atoms with Crippen molar-refractivity contribution >= 4 is 41.0 Å². The quantitative estimate of drug-likeness (QED) is 0.0169. The highest BCUT2D eigenvalue weighted by molar-refractivity contribution is 6.03. The van der Waals surface area contributed by atoms with Gasteiger partial charge in [-0.2, -0.15) is 0 Å². The third-order valence-corrected chi connectivity index (χ3v) is 12.4. The van der Waals surface area contributed by atoms with E-state index in [2.05, 4.69) is 27.8 Å². The number of hydrazine groups is 1. The van der Waals surface area contributed by atoms with E-state index in [0.717, 1.165) is 11.1 Å². The van der Waals surface area contributed by atoms with E-state index in [9.17, 15) is 28.8 Å². The normalized spacial score (nSPS) is 18.0. The lowest BCUT2D eigenvalue weighted by Gasteiger charge is -2.41. The fourth-order valence-electron chi connectivity index (χ4n) is 8.42. The van der Waals surface area contributed by atoms with Crippen molar-refractivity contribution in [2.45, 2.75) is 97.1 Å². The van der Waals surface area contributed by atoms with Gasteiger partial charge < -0.3 is 55.4 Å². The molecular formula is C53H73N8O10+. The number of epoxide rings is 1. The first kappa shape index (κ1) is 55.3. The van der Waals surface area contributed by atoms with Crippen molar-refractivity contribution in [2.75, 3.05) is 53.1 Å². The van der Waals surface area contributed by atoms with E-state index >= 15 is 0 Å². The molecule has 8 N–H and O–H groups in total. The fourth-order valence-corrected chi connectivity index (χ4v) is 8.42. The summed E-state index contributed by atoms with van der Waals surface area (Å²) in [6, 6.07) is 19.2. The number of nitrogens with two attached hydrogens (primary N) is 2. The monoisotopic (exact) mass is 982 g/mol. The molecule has 2 aliphatic heterocycles. The van der Waals surface area contributed by atoms with Crippen LogP contribution in [-0.4, -0.2) is 128 Å². The van der Waals surface area contributed by atoms with Gasteiger partial charge in [-0.05, 0) is 72.9 Å². The van der Waals surface area contributed by atoms with E-state index in [-0.39, 0.29) is 71.8 Å². The molecule has 0 spiro atoms. The first-order valence-corrected chi connectivity index (χ1v) is 24.1. The number of amides is 4. The van der Waals surface area contributed by atoms with E-state index in [1.165, 1.54) is 18.1 Å². The van der Waals surface area contributed by atoms with Crippen LogP contribution in [0.1, 0.15) is 71.1 Å². The predicted molar refractivity (Wildman–Crippen MR) is 268 cm³/mol. The van der Waals surface area contributed by atoms with Crippen LogP contribution in [0.3, 0.4) is 0 Å². The van der Waals surface area contributed by atoms with Gasteiger partial charge >= 0.3 is 5.97 Å². The van der Waals surface area contributed by atoms with Crippen molar-refractivity contribution in [3.8, 4) is 11.5 Å². The van der Waals surface area contributed by atoms with E-state index in [1.54, 1.807) is 56.4 Å². The molecule has 2 saturated heterocycles. The van der Waals surface area contributed by atoms with Gasteiger partial charge in [-0.3, -0.25) is 28.8 Å². The zero-order valence-corrected chi connectivity index (χ0v) is 42.2. The average molecular weight is 982 g/mol. The molecule has 5 atom stereocenters. The van der Waals surface area contributed by atoms with Crippen molar-refractivity contribution in [2.24, 2.45) is 23.4 Å². The van der Waals surface area contributed by atoms with Crippen molar-refractivity contribution in [1.82, 2.24) is 26.3 Å². The predicted octanol–water partition coefficient (Wildman–Crippen LogP) is 3.29. The molecule has 4 amide bonds. The standard InChI is InChI=1S/C53H72N8O10/c1-34(2)27-43(51(66)59-48(36(5)40-17-13-10-14-18-40)52(67)58-47(35(3)4)49(64)53(7)33-70-53)57-50(65)42(21-19-38-15-11-9-12-16-38)56-46(63)31-61(23-25-68-26-24-61)30-39-20-22-44(71-37(6)62)45(28-39)69-32-41(54)29-60(8)55/h9-18,20,22,28-29,34-35,42-43,47-48H,5,19,21,23-27,30-33,54-55H2,1-4,6-8H3,(H3-,56,57,58,59,63,65,66,67)/p+1/b41-29-/t42-,43-,47?,48-,53+/m0/s1. The van der Waals surface area contributed by atoms with Crippen LogP contribution >= 0.6 is 0 Å². The van der Waals surface area contributed by atoms with Crippen LogP contribution in [0, 0.1) is 11.8 Å². The molecule has 0 aliphatic carbocycles. The van der Waals surface area contributed by atoms with Crippen LogP contribution < -0.4 is 42.3 Å². The number of morpholine rings is 1. The number of nitrogens with one attached hydrogen (secondary N) is 4. The molecule has 2 aliphatic rings. The fraction of sp³-hybridized carbons (Fsp3) is 0.472. The Hall–Kier alpha value is -6.60. The van der Waals surface area contributed by atoms with Gasteiger partial charge in [-0.25, -0.2) is 5.84 Å². The Labute approximate surface area is 417 Å². The van der Waals surface area contributed by atoms with Gasteiger partial charge in [-0.1, -0.05) is 94.9 Å². The second-order valence-corrected chi connectivity index (χ2v) is 19.5.